The van der Waals surface area contributed by atoms with Gasteiger partial charge in [-0.05, 0) is 64.2 Å². The molecular weight excluding hydrogens is 577 g/mol. The maximum atomic E-state index is 9.94. The summed E-state index contributed by atoms with van der Waals surface area (Å²) in [5.74, 6) is 0. The Morgan fingerprint density at radius 1 is 0.383 bits per heavy atom. The minimum atomic E-state index is -1.61. The summed E-state index contributed by atoms with van der Waals surface area (Å²) in [6.07, 6.45) is 0. The van der Waals surface area contributed by atoms with Gasteiger partial charge in [0.05, 0.1) is 0 Å². The number of hydrogen-bond acceptors (Lipinski definition) is 4. The van der Waals surface area contributed by atoms with Crippen molar-refractivity contribution in [1.82, 2.24) is 0 Å². The lowest BCUT2D eigenvalue weighted by atomic mass is 9.79. The van der Waals surface area contributed by atoms with Crippen molar-refractivity contribution in [3.8, 4) is 33.4 Å². The van der Waals surface area contributed by atoms with Gasteiger partial charge in [0.2, 0.25) is 0 Å². The van der Waals surface area contributed by atoms with Crippen LogP contribution in [0.15, 0.2) is 174 Å². The van der Waals surface area contributed by atoms with Crippen molar-refractivity contribution >= 4 is 51.6 Å². The average molecular weight is 608 g/mol. The zero-order valence-corrected chi connectivity index (χ0v) is 25.5. The molecule has 7 aromatic carbocycles. The van der Waals surface area contributed by atoms with Crippen LogP contribution in [0.2, 0.25) is 0 Å². The molecule has 8 rings (SSSR count). The molecule has 0 aliphatic rings. The topological polar surface area (TPSA) is 56.8 Å². The molecule has 5 heteroatoms. The normalized spacial score (nSPS) is 11.2. The fourth-order valence-corrected chi connectivity index (χ4v) is 6.38. The van der Waals surface area contributed by atoms with Crippen molar-refractivity contribution in [1.29, 1.82) is 0 Å². The summed E-state index contributed by atoms with van der Waals surface area (Å²) in [6.45, 7) is 0. The van der Waals surface area contributed by atoms with Crippen LogP contribution in [-0.4, -0.2) is 17.2 Å². The van der Waals surface area contributed by atoms with Gasteiger partial charge in [-0.3, -0.25) is 0 Å². The molecule has 0 bridgehead atoms. The highest BCUT2D eigenvalue weighted by molar-refractivity contribution is 6.61. The van der Waals surface area contributed by atoms with E-state index in [4.69, 9.17) is 4.42 Å². The summed E-state index contributed by atoms with van der Waals surface area (Å²) in [5.41, 5.74) is 11.3. The molecule has 0 radical (unpaired) electrons. The monoisotopic (exact) mass is 607 g/mol. The molecule has 0 amide bonds. The summed E-state index contributed by atoms with van der Waals surface area (Å²) in [7, 11) is -1.61. The van der Waals surface area contributed by atoms with Crippen LogP contribution in [0.3, 0.4) is 0 Å². The number of fused-ring (bicyclic) bond motifs is 3. The molecule has 4 nitrogen and oxygen atoms in total. The first-order valence-corrected chi connectivity index (χ1v) is 15.7. The van der Waals surface area contributed by atoms with E-state index in [2.05, 4.69) is 126 Å². The van der Waals surface area contributed by atoms with Crippen molar-refractivity contribution in [2.45, 2.75) is 0 Å². The fraction of sp³-hybridized carbons (Fsp3) is 0. The molecule has 224 valence electrons. The van der Waals surface area contributed by atoms with E-state index in [0.29, 0.717) is 16.6 Å². The third kappa shape index (κ3) is 5.38. The van der Waals surface area contributed by atoms with Gasteiger partial charge in [0.15, 0.2) is 0 Å². The minimum Gasteiger partial charge on any atom is -0.456 e. The molecule has 0 spiro atoms. The summed E-state index contributed by atoms with van der Waals surface area (Å²) in [5, 5.41) is 21.7. The van der Waals surface area contributed by atoms with E-state index in [1.807, 2.05) is 42.5 Å². The predicted octanol–water partition coefficient (Wildman–Crippen LogP) is 9.74. The Morgan fingerprint density at radius 2 is 0.809 bits per heavy atom. The molecular formula is C42H30BNO3. The SMILES string of the molecule is OB(O)c1cccc2c1oc1c(-c3ccc(N(c4ccc(-c5ccccc5)cc4)c4ccc(-c5ccccc5)cc4)cc3)cccc12. The van der Waals surface area contributed by atoms with Crippen LogP contribution < -0.4 is 10.4 Å². The Bertz CT molecular complexity index is 2210. The van der Waals surface area contributed by atoms with Crippen LogP contribution in [-0.2, 0) is 0 Å². The summed E-state index contributed by atoms with van der Waals surface area (Å²) < 4.78 is 6.31. The van der Waals surface area contributed by atoms with Gasteiger partial charge in [-0.2, -0.15) is 0 Å². The van der Waals surface area contributed by atoms with Crippen LogP contribution in [0.25, 0.3) is 55.3 Å². The fourth-order valence-electron chi connectivity index (χ4n) is 6.38. The molecule has 0 aliphatic carbocycles. The Morgan fingerprint density at radius 3 is 1.30 bits per heavy atom. The molecule has 47 heavy (non-hydrogen) atoms. The highest BCUT2D eigenvalue weighted by atomic mass is 16.4. The lowest BCUT2D eigenvalue weighted by molar-refractivity contribution is 0.425. The van der Waals surface area contributed by atoms with E-state index < -0.39 is 7.12 Å². The van der Waals surface area contributed by atoms with Crippen molar-refractivity contribution < 1.29 is 14.5 Å². The van der Waals surface area contributed by atoms with Crippen molar-refractivity contribution in [2.24, 2.45) is 0 Å². The highest BCUT2D eigenvalue weighted by Gasteiger charge is 2.21. The molecule has 0 aliphatic heterocycles. The second-order valence-corrected chi connectivity index (χ2v) is 11.6. The number of anilines is 3. The van der Waals surface area contributed by atoms with Gasteiger partial charge in [0, 0.05) is 38.9 Å². The number of nitrogens with zero attached hydrogens (tertiary/aromatic N) is 1. The van der Waals surface area contributed by atoms with Crippen LogP contribution in [0, 0.1) is 0 Å². The number of hydrogen-bond donors (Lipinski definition) is 2. The lowest BCUT2D eigenvalue weighted by Gasteiger charge is -2.26. The van der Waals surface area contributed by atoms with Crippen LogP contribution in [0.4, 0.5) is 17.1 Å². The quantitative estimate of drug-likeness (QED) is 0.177. The van der Waals surface area contributed by atoms with E-state index in [0.717, 1.165) is 39.0 Å². The Balaban J connectivity index is 1.20. The largest absolute Gasteiger partial charge is 0.492 e. The molecule has 1 aromatic heterocycles. The molecule has 0 atom stereocenters. The van der Waals surface area contributed by atoms with E-state index in [9.17, 15) is 10.0 Å². The smallest absolute Gasteiger partial charge is 0.456 e. The van der Waals surface area contributed by atoms with E-state index in [1.54, 1.807) is 6.07 Å². The Labute approximate surface area is 273 Å². The summed E-state index contributed by atoms with van der Waals surface area (Å²) >= 11 is 0. The average Bonchev–Trinajstić information content (AvgIpc) is 3.53. The van der Waals surface area contributed by atoms with E-state index in [-0.39, 0.29) is 0 Å². The van der Waals surface area contributed by atoms with Gasteiger partial charge in [-0.1, -0.05) is 133 Å². The Kier molecular flexibility index (Phi) is 7.39. The molecule has 2 N–H and O–H groups in total. The molecule has 8 aromatic rings. The summed E-state index contributed by atoms with van der Waals surface area (Å²) in [4.78, 5) is 2.27. The van der Waals surface area contributed by atoms with Gasteiger partial charge in [0.1, 0.15) is 11.2 Å². The molecule has 0 fully saturated rings. The zero-order chi connectivity index (χ0) is 31.7. The molecule has 0 unspecified atom stereocenters. The maximum Gasteiger partial charge on any atom is 0.492 e. The first-order valence-electron chi connectivity index (χ1n) is 15.7. The zero-order valence-electron chi connectivity index (χ0n) is 25.5. The second-order valence-electron chi connectivity index (χ2n) is 11.6. The second kappa shape index (κ2) is 12.1. The molecule has 0 saturated carbocycles. The van der Waals surface area contributed by atoms with Gasteiger partial charge < -0.3 is 19.4 Å². The van der Waals surface area contributed by atoms with E-state index in [1.165, 1.54) is 22.3 Å². The van der Waals surface area contributed by atoms with Crippen LogP contribution in [0.5, 0.6) is 0 Å². The molecule has 0 saturated heterocycles. The maximum absolute atomic E-state index is 9.94. The first kappa shape index (κ1) is 28.6. The van der Waals surface area contributed by atoms with E-state index >= 15 is 0 Å². The van der Waals surface area contributed by atoms with Crippen molar-refractivity contribution in [3.05, 3.63) is 170 Å². The van der Waals surface area contributed by atoms with Crippen molar-refractivity contribution in [2.75, 3.05) is 4.90 Å². The third-order valence-corrected chi connectivity index (χ3v) is 8.73. The number of rotatable bonds is 7. The molecule has 1 heterocycles. The van der Waals surface area contributed by atoms with Crippen LogP contribution in [0.1, 0.15) is 0 Å². The van der Waals surface area contributed by atoms with Gasteiger partial charge in [0.25, 0.3) is 0 Å². The van der Waals surface area contributed by atoms with Gasteiger partial charge >= 0.3 is 7.12 Å². The number of furan rings is 1. The Hall–Kier alpha value is -5.88. The highest BCUT2D eigenvalue weighted by Crippen LogP contribution is 2.39. The first-order chi connectivity index (χ1) is 23.1. The van der Waals surface area contributed by atoms with Gasteiger partial charge in [-0.25, -0.2) is 0 Å². The number of para-hydroxylation sites is 2. The van der Waals surface area contributed by atoms with Gasteiger partial charge in [-0.15, -0.1) is 0 Å². The lowest BCUT2D eigenvalue weighted by Crippen LogP contribution is -2.29. The standard InChI is InChI=1S/C42H30BNO3/c45-43(46)40-16-8-15-39-38-14-7-13-37(41(38)47-42(39)40)33-21-27-36(28-22-33)44(34-23-17-31(18-24-34)29-9-3-1-4-10-29)35-25-19-32(20-26-35)30-11-5-2-6-12-30/h1-28,45-46H. The van der Waals surface area contributed by atoms with Crippen LogP contribution >= 0.6 is 0 Å². The third-order valence-electron chi connectivity index (χ3n) is 8.73. The predicted molar refractivity (Wildman–Crippen MR) is 195 cm³/mol. The number of benzene rings is 7. The van der Waals surface area contributed by atoms with Crippen molar-refractivity contribution in [3.63, 3.8) is 0 Å². The summed E-state index contributed by atoms with van der Waals surface area (Å²) in [6, 6.07) is 58.2. The minimum absolute atomic E-state index is 0.354.